The lowest BCUT2D eigenvalue weighted by Crippen LogP contribution is -2.26. The first kappa shape index (κ1) is 16.6. The zero-order valence-electron chi connectivity index (χ0n) is 13.6. The van der Waals surface area contributed by atoms with Crippen molar-refractivity contribution in [1.82, 2.24) is 19.9 Å². The lowest BCUT2D eigenvalue weighted by atomic mass is 10.0. The summed E-state index contributed by atoms with van der Waals surface area (Å²) in [6, 6.07) is 7.02. The Morgan fingerprint density at radius 3 is 3.04 bits per heavy atom. The zero-order valence-corrected chi connectivity index (χ0v) is 13.6. The van der Waals surface area contributed by atoms with E-state index in [1.165, 1.54) is 10.7 Å². The van der Waals surface area contributed by atoms with Gasteiger partial charge in [-0.1, -0.05) is 24.3 Å². The van der Waals surface area contributed by atoms with Crippen LogP contribution in [-0.4, -0.2) is 44.1 Å². The highest BCUT2D eigenvalue weighted by molar-refractivity contribution is 5.66. The number of halogens is 1. The highest BCUT2D eigenvalue weighted by Crippen LogP contribution is 2.35. The molecule has 2 atom stereocenters. The van der Waals surface area contributed by atoms with Crippen LogP contribution in [0.5, 0.6) is 0 Å². The Kier molecular flexibility index (Phi) is 4.89. The van der Waals surface area contributed by atoms with Gasteiger partial charge >= 0.3 is 5.97 Å². The number of carboxylic acid groups (broad SMARTS) is 1. The predicted molar refractivity (Wildman–Crippen MR) is 85.9 cm³/mol. The average molecular weight is 332 g/mol. The summed E-state index contributed by atoms with van der Waals surface area (Å²) in [7, 11) is 0. The summed E-state index contributed by atoms with van der Waals surface area (Å²) in [5.74, 6) is -0.587. The second-order valence-electron chi connectivity index (χ2n) is 6.46. The average Bonchev–Trinajstić information content (AvgIpc) is 3.11. The first-order chi connectivity index (χ1) is 11.5. The van der Waals surface area contributed by atoms with E-state index in [9.17, 15) is 9.18 Å². The molecule has 1 aliphatic rings. The minimum atomic E-state index is -0.939. The van der Waals surface area contributed by atoms with E-state index in [0.717, 1.165) is 30.8 Å². The molecule has 2 aromatic rings. The standard InChI is InChI=1S/C17H21FN4O2/c1-12-7-16(13-3-2-4-14(18)8-13)21(9-12)6-5-15-10-22(20-19-15)11-17(23)24/h2-4,8,10,12,16H,5-7,9,11H2,1H3,(H,23,24). The van der Waals surface area contributed by atoms with Crippen LogP contribution in [0.3, 0.4) is 0 Å². The van der Waals surface area contributed by atoms with Gasteiger partial charge in [-0.25, -0.2) is 9.07 Å². The van der Waals surface area contributed by atoms with Crippen molar-refractivity contribution in [2.75, 3.05) is 13.1 Å². The minimum Gasteiger partial charge on any atom is -0.480 e. The van der Waals surface area contributed by atoms with Crippen molar-refractivity contribution >= 4 is 5.97 Å². The van der Waals surface area contributed by atoms with Crippen molar-refractivity contribution in [2.24, 2.45) is 5.92 Å². The van der Waals surface area contributed by atoms with Gasteiger partial charge < -0.3 is 5.11 Å². The third-order valence-corrected chi connectivity index (χ3v) is 4.38. The van der Waals surface area contributed by atoms with Crippen LogP contribution in [0.2, 0.25) is 0 Å². The summed E-state index contributed by atoms with van der Waals surface area (Å²) in [4.78, 5) is 13.0. The normalized spacial score (nSPS) is 21.2. The summed E-state index contributed by atoms with van der Waals surface area (Å²) in [5.41, 5.74) is 1.78. The Bertz CT molecular complexity index is 718. The van der Waals surface area contributed by atoms with E-state index in [-0.39, 0.29) is 18.4 Å². The monoisotopic (exact) mass is 332 g/mol. The first-order valence-electron chi connectivity index (χ1n) is 8.11. The number of rotatable bonds is 6. The van der Waals surface area contributed by atoms with Gasteiger partial charge in [0.2, 0.25) is 0 Å². The van der Waals surface area contributed by atoms with Gasteiger partial charge in [0, 0.05) is 31.7 Å². The molecule has 2 unspecified atom stereocenters. The third kappa shape index (κ3) is 3.97. The maximum Gasteiger partial charge on any atom is 0.325 e. The van der Waals surface area contributed by atoms with E-state index < -0.39 is 5.97 Å². The fraction of sp³-hybridized carbons (Fsp3) is 0.471. The Morgan fingerprint density at radius 2 is 2.29 bits per heavy atom. The lowest BCUT2D eigenvalue weighted by molar-refractivity contribution is -0.137. The van der Waals surface area contributed by atoms with Crippen molar-refractivity contribution in [2.45, 2.75) is 32.4 Å². The first-order valence-corrected chi connectivity index (χ1v) is 8.11. The van der Waals surface area contributed by atoms with Crippen LogP contribution in [0.4, 0.5) is 4.39 Å². The highest BCUT2D eigenvalue weighted by Gasteiger charge is 2.30. The Labute approximate surface area is 139 Å². The largest absolute Gasteiger partial charge is 0.480 e. The second kappa shape index (κ2) is 7.09. The number of benzene rings is 1. The van der Waals surface area contributed by atoms with Gasteiger partial charge in [0.05, 0.1) is 5.69 Å². The minimum absolute atomic E-state index is 0.181. The van der Waals surface area contributed by atoms with E-state index in [0.29, 0.717) is 12.3 Å². The summed E-state index contributed by atoms with van der Waals surface area (Å²) in [6.45, 7) is 3.77. The molecular weight excluding hydrogens is 311 g/mol. The molecule has 0 amide bonds. The van der Waals surface area contributed by atoms with Crippen molar-refractivity contribution in [3.8, 4) is 0 Å². The van der Waals surface area contributed by atoms with E-state index in [4.69, 9.17) is 5.11 Å². The van der Waals surface area contributed by atoms with Gasteiger partial charge in [-0.2, -0.15) is 0 Å². The molecule has 1 saturated heterocycles. The number of aromatic nitrogens is 3. The van der Waals surface area contributed by atoms with Crippen molar-refractivity contribution < 1.29 is 14.3 Å². The fourth-order valence-corrected chi connectivity index (χ4v) is 3.37. The van der Waals surface area contributed by atoms with Crippen LogP contribution in [0.25, 0.3) is 0 Å². The van der Waals surface area contributed by atoms with Crippen LogP contribution >= 0.6 is 0 Å². The van der Waals surface area contributed by atoms with E-state index in [1.807, 2.05) is 6.07 Å². The molecule has 2 heterocycles. The molecule has 1 aromatic heterocycles. The van der Waals surface area contributed by atoms with Gasteiger partial charge in [0.25, 0.3) is 0 Å². The highest BCUT2D eigenvalue weighted by atomic mass is 19.1. The summed E-state index contributed by atoms with van der Waals surface area (Å²) in [5, 5.41) is 16.6. The van der Waals surface area contributed by atoms with Gasteiger partial charge in [0.1, 0.15) is 12.4 Å². The van der Waals surface area contributed by atoms with Crippen LogP contribution in [-0.2, 0) is 17.8 Å². The Morgan fingerprint density at radius 1 is 1.46 bits per heavy atom. The molecule has 6 nitrogen and oxygen atoms in total. The van der Waals surface area contributed by atoms with Gasteiger partial charge in [-0.3, -0.25) is 9.69 Å². The number of nitrogens with zero attached hydrogens (tertiary/aromatic N) is 4. The maximum atomic E-state index is 13.5. The van der Waals surface area contributed by atoms with Gasteiger partial charge in [-0.05, 0) is 30.0 Å². The van der Waals surface area contributed by atoms with E-state index in [2.05, 4.69) is 22.1 Å². The molecule has 128 valence electrons. The van der Waals surface area contributed by atoms with Crippen LogP contribution in [0.15, 0.2) is 30.5 Å². The fourth-order valence-electron chi connectivity index (χ4n) is 3.37. The third-order valence-electron chi connectivity index (χ3n) is 4.38. The molecule has 7 heteroatoms. The van der Waals surface area contributed by atoms with Crippen LogP contribution in [0.1, 0.15) is 30.6 Å². The van der Waals surface area contributed by atoms with Crippen LogP contribution < -0.4 is 0 Å². The Balaban J connectivity index is 1.64. The number of hydrogen-bond acceptors (Lipinski definition) is 4. The van der Waals surface area contributed by atoms with Crippen molar-refractivity contribution in [3.63, 3.8) is 0 Å². The SMILES string of the molecule is CC1CC(c2cccc(F)c2)N(CCc2cn(CC(=O)O)nn2)C1. The zero-order chi connectivity index (χ0) is 17.1. The van der Waals surface area contributed by atoms with E-state index >= 15 is 0 Å². The number of hydrogen-bond donors (Lipinski definition) is 1. The molecular formula is C17H21FN4O2. The maximum absolute atomic E-state index is 13.5. The number of aliphatic carboxylic acids is 1. The molecule has 0 spiro atoms. The molecule has 1 aromatic carbocycles. The lowest BCUT2D eigenvalue weighted by Gasteiger charge is -2.24. The van der Waals surface area contributed by atoms with Crippen LogP contribution in [0, 0.1) is 11.7 Å². The molecule has 0 saturated carbocycles. The summed E-state index contributed by atoms with van der Waals surface area (Å²) >= 11 is 0. The molecule has 0 bridgehead atoms. The van der Waals surface area contributed by atoms with Gasteiger partial charge in [0.15, 0.2) is 0 Å². The summed E-state index contributed by atoms with van der Waals surface area (Å²) in [6.07, 6.45) is 3.37. The number of likely N-dealkylation sites (tertiary alicyclic amines) is 1. The van der Waals surface area contributed by atoms with Gasteiger partial charge in [-0.15, -0.1) is 5.10 Å². The quantitative estimate of drug-likeness (QED) is 0.877. The summed E-state index contributed by atoms with van der Waals surface area (Å²) < 4.78 is 14.8. The van der Waals surface area contributed by atoms with Crippen molar-refractivity contribution in [3.05, 3.63) is 47.5 Å². The smallest absolute Gasteiger partial charge is 0.325 e. The van der Waals surface area contributed by atoms with Crippen molar-refractivity contribution in [1.29, 1.82) is 0 Å². The predicted octanol–water partition coefficient (Wildman–Crippen LogP) is 2.13. The number of carbonyl (C=O) groups is 1. The Hall–Kier alpha value is -2.28. The second-order valence-corrected chi connectivity index (χ2v) is 6.46. The molecule has 3 rings (SSSR count). The number of carboxylic acids is 1. The topological polar surface area (TPSA) is 71.2 Å². The molecule has 1 N–H and O–H groups in total. The molecule has 1 fully saturated rings. The molecule has 0 aliphatic carbocycles. The molecule has 1 aliphatic heterocycles. The molecule has 24 heavy (non-hydrogen) atoms. The molecule has 0 radical (unpaired) electrons. The van der Waals surface area contributed by atoms with E-state index in [1.54, 1.807) is 18.3 Å².